The summed E-state index contributed by atoms with van der Waals surface area (Å²) in [4.78, 5) is 10.4. The number of ether oxygens (including phenoxy) is 1. The molecule has 0 aliphatic carbocycles. The van der Waals surface area contributed by atoms with E-state index in [-0.39, 0.29) is 5.88 Å². The first-order valence-electron chi connectivity index (χ1n) is 3.77. The van der Waals surface area contributed by atoms with Gasteiger partial charge in [0.2, 0.25) is 5.88 Å². The number of aromatic amines is 2. The minimum Gasteiger partial charge on any atom is -0.390 e. The van der Waals surface area contributed by atoms with Gasteiger partial charge in [-0.1, -0.05) is 0 Å². The topological polar surface area (TPSA) is 110 Å². The minimum absolute atomic E-state index is 0.133. The first-order valence-corrected chi connectivity index (χ1v) is 3.77. The van der Waals surface area contributed by atoms with Gasteiger partial charge in [-0.05, 0) is 0 Å². The lowest BCUT2D eigenvalue weighted by Gasteiger charge is -1.90. The number of amides is 1. The number of aromatic nitrogens is 4. The predicted molar refractivity (Wildman–Crippen MR) is 46.4 cm³/mol. The van der Waals surface area contributed by atoms with Crippen LogP contribution in [0.2, 0.25) is 0 Å². The zero-order valence-corrected chi connectivity index (χ0v) is 7.02. The quantitative estimate of drug-likeness (QED) is 0.635. The van der Waals surface area contributed by atoms with E-state index >= 15 is 0 Å². The molecule has 0 atom stereocenters. The molecule has 2 rings (SSSR count). The molecule has 2 heterocycles. The molecule has 72 valence electrons. The van der Waals surface area contributed by atoms with Crippen molar-refractivity contribution in [1.29, 1.82) is 0 Å². The summed E-state index contributed by atoms with van der Waals surface area (Å²) in [6.07, 6.45) is 2.40. The number of rotatable bonds is 2. The van der Waals surface area contributed by atoms with Crippen LogP contribution in [0.4, 0.5) is 4.79 Å². The van der Waals surface area contributed by atoms with Crippen LogP contribution in [0.3, 0.4) is 0 Å². The third-order valence-corrected chi connectivity index (χ3v) is 1.57. The normalized spacial score (nSPS) is 10.0. The molecule has 0 aliphatic heterocycles. The van der Waals surface area contributed by atoms with Gasteiger partial charge in [-0.3, -0.25) is 10.2 Å². The highest BCUT2D eigenvalue weighted by molar-refractivity contribution is 5.68. The number of hydrogen-bond donors (Lipinski definition) is 3. The SMILES string of the molecule is NC(=O)Oc1cc(-c2cn[nH]c2)[nH]n1. The van der Waals surface area contributed by atoms with Gasteiger partial charge >= 0.3 is 6.09 Å². The fourth-order valence-corrected chi connectivity index (χ4v) is 1.00. The molecule has 0 radical (unpaired) electrons. The maximum atomic E-state index is 10.4. The molecule has 2 aromatic rings. The lowest BCUT2D eigenvalue weighted by atomic mass is 10.3. The van der Waals surface area contributed by atoms with Crippen LogP contribution >= 0.6 is 0 Å². The molecule has 4 N–H and O–H groups in total. The molecule has 0 bridgehead atoms. The molecular weight excluding hydrogens is 186 g/mol. The second-order valence-corrected chi connectivity index (χ2v) is 2.53. The molecule has 1 amide bonds. The summed E-state index contributed by atoms with van der Waals surface area (Å²) >= 11 is 0. The zero-order chi connectivity index (χ0) is 9.97. The molecule has 0 aliphatic rings. The smallest absolute Gasteiger partial charge is 0.390 e. The van der Waals surface area contributed by atoms with Crippen LogP contribution in [0.15, 0.2) is 18.5 Å². The van der Waals surface area contributed by atoms with Crippen LogP contribution in [-0.4, -0.2) is 26.5 Å². The van der Waals surface area contributed by atoms with E-state index < -0.39 is 6.09 Å². The molecular formula is C7H7N5O2. The first-order chi connectivity index (χ1) is 6.75. The maximum absolute atomic E-state index is 10.4. The van der Waals surface area contributed by atoms with Gasteiger partial charge in [0.05, 0.1) is 11.9 Å². The Morgan fingerprint density at radius 3 is 3.07 bits per heavy atom. The van der Waals surface area contributed by atoms with E-state index in [2.05, 4.69) is 25.1 Å². The first kappa shape index (κ1) is 8.30. The van der Waals surface area contributed by atoms with Crippen molar-refractivity contribution in [3.8, 4) is 17.1 Å². The van der Waals surface area contributed by atoms with Gasteiger partial charge in [-0.15, -0.1) is 5.10 Å². The van der Waals surface area contributed by atoms with Gasteiger partial charge in [-0.25, -0.2) is 4.79 Å². The number of hydrogen-bond acceptors (Lipinski definition) is 4. The number of primary amides is 1. The molecule has 14 heavy (non-hydrogen) atoms. The van der Waals surface area contributed by atoms with E-state index in [1.807, 2.05) is 0 Å². The molecule has 0 unspecified atom stereocenters. The lowest BCUT2D eigenvalue weighted by molar-refractivity contribution is 0.209. The number of carbonyl (C=O) groups excluding carboxylic acids is 1. The summed E-state index contributed by atoms with van der Waals surface area (Å²) in [5.41, 5.74) is 6.33. The minimum atomic E-state index is -0.893. The van der Waals surface area contributed by atoms with Gasteiger partial charge in [0, 0.05) is 17.8 Å². The van der Waals surface area contributed by atoms with E-state index in [9.17, 15) is 4.79 Å². The van der Waals surface area contributed by atoms with Gasteiger partial charge in [0.1, 0.15) is 0 Å². The lowest BCUT2D eigenvalue weighted by Crippen LogP contribution is -2.16. The highest BCUT2D eigenvalue weighted by Crippen LogP contribution is 2.18. The van der Waals surface area contributed by atoms with Crippen molar-refractivity contribution in [3.05, 3.63) is 18.5 Å². The van der Waals surface area contributed by atoms with Crippen LogP contribution < -0.4 is 10.5 Å². The second kappa shape index (κ2) is 3.21. The van der Waals surface area contributed by atoms with Gasteiger partial charge < -0.3 is 10.5 Å². The van der Waals surface area contributed by atoms with Crippen molar-refractivity contribution in [3.63, 3.8) is 0 Å². The second-order valence-electron chi connectivity index (χ2n) is 2.53. The Bertz CT molecular complexity index is 433. The number of nitrogens with two attached hydrogens (primary N) is 1. The fourth-order valence-electron chi connectivity index (χ4n) is 1.00. The highest BCUT2D eigenvalue weighted by Gasteiger charge is 2.06. The van der Waals surface area contributed by atoms with E-state index in [0.29, 0.717) is 5.69 Å². The van der Waals surface area contributed by atoms with E-state index in [4.69, 9.17) is 5.73 Å². The van der Waals surface area contributed by atoms with E-state index in [0.717, 1.165) is 5.56 Å². The number of carbonyl (C=O) groups is 1. The average molecular weight is 193 g/mol. The summed E-state index contributed by atoms with van der Waals surface area (Å²) in [5.74, 6) is 0.133. The van der Waals surface area contributed by atoms with Crippen molar-refractivity contribution < 1.29 is 9.53 Å². The van der Waals surface area contributed by atoms with Crippen molar-refractivity contribution >= 4 is 6.09 Å². The van der Waals surface area contributed by atoms with E-state index in [1.54, 1.807) is 18.5 Å². The van der Waals surface area contributed by atoms with Gasteiger partial charge in [0.25, 0.3) is 0 Å². The number of nitrogens with zero attached hydrogens (tertiary/aromatic N) is 2. The summed E-state index contributed by atoms with van der Waals surface area (Å²) in [7, 11) is 0. The Kier molecular flexibility index (Phi) is 1.90. The monoisotopic (exact) mass is 193 g/mol. The summed E-state index contributed by atoms with van der Waals surface area (Å²) in [5, 5.41) is 12.8. The van der Waals surface area contributed by atoms with Crippen LogP contribution in [0, 0.1) is 0 Å². The standard InChI is InChI=1S/C7H7N5O2/c8-7(13)14-6-1-5(11-12-6)4-2-9-10-3-4/h1-3H,(H2,8,13)(H,9,10)(H,11,12). The Hall–Kier alpha value is -2.31. The molecule has 0 saturated carbocycles. The van der Waals surface area contributed by atoms with Crippen LogP contribution in [0.5, 0.6) is 5.88 Å². The Morgan fingerprint density at radius 1 is 1.57 bits per heavy atom. The maximum Gasteiger partial charge on any atom is 0.411 e. The van der Waals surface area contributed by atoms with Crippen molar-refractivity contribution in [1.82, 2.24) is 20.4 Å². The number of nitrogens with one attached hydrogen (secondary N) is 2. The van der Waals surface area contributed by atoms with Gasteiger partial charge in [-0.2, -0.15) is 5.10 Å². The third kappa shape index (κ3) is 1.56. The van der Waals surface area contributed by atoms with Crippen LogP contribution in [0.1, 0.15) is 0 Å². The molecule has 2 aromatic heterocycles. The summed E-state index contributed by atoms with van der Waals surface area (Å²) < 4.78 is 4.56. The predicted octanol–water partition coefficient (Wildman–Crippen LogP) is 0.257. The molecule has 0 saturated heterocycles. The van der Waals surface area contributed by atoms with Crippen molar-refractivity contribution in [2.75, 3.05) is 0 Å². The molecule has 0 aromatic carbocycles. The summed E-state index contributed by atoms with van der Waals surface area (Å²) in [6, 6.07) is 1.55. The third-order valence-electron chi connectivity index (χ3n) is 1.57. The van der Waals surface area contributed by atoms with Crippen LogP contribution in [-0.2, 0) is 0 Å². The molecule has 0 spiro atoms. The Morgan fingerprint density at radius 2 is 2.43 bits per heavy atom. The largest absolute Gasteiger partial charge is 0.411 e. The zero-order valence-electron chi connectivity index (χ0n) is 7.02. The molecule has 7 nitrogen and oxygen atoms in total. The molecule has 0 fully saturated rings. The Balaban J connectivity index is 2.22. The number of H-pyrrole nitrogens is 2. The Labute approximate surface area is 78.3 Å². The van der Waals surface area contributed by atoms with Crippen LogP contribution in [0.25, 0.3) is 11.3 Å². The highest BCUT2D eigenvalue weighted by atomic mass is 16.6. The molecule has 7 heteroatoms. The average Bonchev–Trinajstić information content (AvgIpc) is 2.69. The van der Waals surface area contributed by atoms with Crippen molar-refractivity contribution in [2.45, 2.75) is 0 Å². The van der Waals surface area contributed by atoms with Gasteiger partial charge in [0.15, 0.2) is 0 Å². The fraction of sp³-hybridized carbons (Fsp3) is 0. The summed E-state index contributed by atoms with van der Waals surface area (Å²) in [6.45, 7) is 0. The van der Waals surface area contributed by atoms with Crippen molar-refractivity contribution in [2.24, 2.45) is 5.73 Å². The van der Waals surface area contributed by atoms with E-state index in [1.165, 1.54) is 0 Å².